The quantitative estimate of drug-likeness (QED) is 0.859. The Morgan fingerprint density at radius 3 is 2.31 bits per heavy atom. The summed E-state index contributed by atoms with van der Waals surface area (Å²) >= 11 is 5.84. The van der Waals surface area contributed by atoms with Gasteiger partial charge in [-0.15, -0.1) is 0 Å². The summed E-state index contributed by atoms with van der Waals surface area (Å²) in [5.41, 5.74) is 1.02. The minimum Gasteiger partial charge on any atom is -0.356 e. The highest BCUT2D eigenvalue weighted by Gasteiger charge is 2.23. The zero-order chi connectivity index (χ0) is 12.1. The molecule has 0 unspecified atom stereocenters. The summed E-state index contributed by atoms with van der Waals surface area (Å²) in [5.74, 6) is 0.254. The molecule has 88 valence electrons. The summed E-state index contributed by atoms with van der Waals surface area (Å²) in [5, 5.41) is 3.56. The number of hydrogen-bond donors (Lipinski definition) is 1. The Balaban J connectivity index is 2.93. The van der Waals surface area contributed by atoms with Gasteiger partial charge in [0.2, 0.25) is 5.91 Å². The first-order valence-corrected chi connectivity index (χ1v) is 5.97. The molecule has 3 heteroatoms. The molecule has 0 bridgehead atoms. The van der Waals surface area contributed by atoms with Crippen LogP contribution in [0.2, 0.25) is 5.02 Å². The SMILES string of the molecule is CCNC(=O)[C@@H](c1ccc(Cl)cc1)C(C)C. The van der Waals surface area contributed by atoms with Crippen LogP contribution in [0.5, 0.6) is 0 Å². The lowest BCUT2D eigenvalue weighted by atomic mass is 9.88. The lowest BCUT2D eigenvalue weighted by Gasteiger charge is -2.20. The first kappa shape index (κ1) is 13.0. The van der Waals surface area contributed by atoms with Gasteiger partial charge in [0.15, 0.2) is 0 Å². The van der Waals surface area contributed by atoms with E-state index >= 15 is 0 Å². The second kappa shape index (κ2) is 5.90. The van der Waals surface area contributed by atoms with Crippen molar-refractivity contribution in [2.75, 3.05) is 6.54 Å². The van der Waals surface area contributed by atoms with E-state index in [0.29, 0.717) is 11.6 Å². The monoisotopic (exact) mass is 239 g/mol. The van der Waals surface area contributed by atoms with Gasteiger partial charge in [-0.25, -0.2) is 0 Å². The lowest BCUT2D eigenvalue weighted by Crippen LogP contribution is -2.31. The van der Waals surface area contributed by atoms with E-state index in [1.165, 1.54) is 0 Å². The fourth-order valence-corrected chi connectivity index (χ4v) is 1.92. The van der Waals surface area contributed by atoms with Crippen molar-refractivity contribution in [2.45, 2.75) is 26.7 Å². The van der Waals surface area contributed by atoms with Crippen LogP contribution >= 0.6 is 11.6 Å². The van der Waals surface area contributed by atoms with Gasteiger partial charge in [0.05, 0.1) is 5.92 Å². The molecular formula is C13H18ClNO. The molecule has 0 spiro atoms. The highest BCUT2D eigenvalue weighted by molar-refractivity contribution is 6.30. The van der Waals surface area contributed by atoms with E-state index in [-0.39, 0.29) is 17.7 Å². The van der Waals surface area contributed by atoms with Crippen LogP contribution in [-0.4, -0.2) is 12.5 Å². The fraction of sp³-hybridized carbons (Fsp3) is 0.462. The predicted molar refractivity (Wildman–Crippen MR) is 67.7 cm³/mol. The van der Waals surface area contributed by atoms with Crippen LogP contribution < -0.4 is 5.32 Å². The smallest absolute Gasteiger partial charge is 0.227 e. The Labute approximate surface area is 102 Å². The maximum absolute atomic E-state index is 11.9. The van der Waals surface area contributed by atoms with Crippen LogP contribution in [0, 0.1) is 5.92 Å². The second-order valence-electron chi connectivity index (χ2n) is 4.17. The molecule has 0 saturated heterocycles. The van der Waals surface area contributed by atoms with E-state index in [4.69, 9.17) is 11.6 Å². The molecule has 1 N–H and O–H groups in total. The zero-order valence-electron chi connectivity index (χ0n) is 9.96. The summed E-state index contributed by atoms with van der Waals surface area (Å²) in [6, 6.07) is 7.49. The van der Waals surface area contributed by atoms with Gasteiger partial charge in [-0.2, -0.15) is 0 Å². The Bertz CT molecular complexity index is 345. The van der Waals surface area contributed by atoms with Crippen molar-refractivity contribution in [1.29, 1.82) is 0 Å². The lowest BCUT2D eigenvalue weighted by molar-refractivity contribution is -0.123. The number of carbonyl (C=O) groups is 1. The Kier molecular flexibility index (Phi) is 4.81. The Morgan fingerprint density at radius 2 is 1.88 bits per heavy atom. The molecule has 2 nitrogen and oxygen atoms in total. The molecule has 16 heavy (non-hydrogen) atoms. The number of likely N-dealkylation sites (N-methyl/N-ethyl adjacent to an activating group) is 1. The van der Waals surface area contributed by atoms with Gasteiger partial charge in [0, 0.05) is 11.6 Å². The average Bonchev–Trinajstić information content (AvgIpc) is 2.21. The van der Waals surface area contributed by atoms with Crippen LogP contribution in [-0.2, 0) is 4.79 Å². The summed E-state index contributed by atoms with van der Waals surface area (Å²) < 4.78 is 0. The number of nitrogens with one attached hydrogen (secondary N) is 1. The summed E-state index contributed by atoms with van der Waals surface area (Å²) in [6.45, 7) is 6.69. The molecular weight excluding hydrogens is 222 g/mol. The second-order valence-corrected chi connectivity index (χ2v) is 4.60. The molecule has 1 atom stereocenters. The van der Waals surface area contributed by atoms with E-state index in [9.17, 15) is 4.79 Å². The van der Waals surface area contributed by atoms with Crippen molar-refractivity contribution in [2.24, 2.45) is 5.92 Å². The largest absolute Gasteiger partial charge is 0.356 e. The van der Waals surface area contributed by atoms with Crippen molar-refractivity contribution in [3.63, 3.8) is 0 Å². The van der Waals surface area contributed by atoms with Gasteiger partial charge in [0.25, 0.3) is 0 Å². The molecule has 1 rings (SSSR count). The number of amides is 1. The van der Waals surface area contributed by atoms with Crippen LogP contribution in [0.4, 0.5) is 0 Å². The maximum Gasteiger partial charge on any atom is 0.227 e. The van der Waals surface area contributed by atoms with Crippen molar-refractivity contribution in [3.05, 3.63) is 34.9 Å². The van der Waals surface area contributed by atoms with Crippen LogP contribution in [0.15, 0.2) is 24.3 Å². The maximum atomic E-state index is 11.9. The van der Waals surface area contributed by atoms with Crippen molar-refractivity contribution >= 4 is 17.5 Å². The molecule has 1 aromatic rings. The number of benzene rings is 1. The van der Waals surface area contributed by atoms with E-state index in [1.807, 2.05) is 31.2 Å². The third kappa shape index (κ3) is 3.24. The van der Waals surface area contributed by atoms with Gasteiger partial charge in [-0.05, 0) is 30.5 Å². The average molecular weight is 240 g/mol. The Morgan fingerprint density at radius 1 is 1.31 bits per heavy atom. The normalized spacial score (nSPS) is 12.6. The van der Waals surface area contributed by atoms with Crippen molar-refractivity contribution < 1.29 is 4.79 Å². The van der Waals surface area contributed by atoms with Gasteiger partial charge in [-0.1, -0.05) is 37.6 Å². The van der Waals surface area contributed by atoms with E-state index in [2.05, 4.69) is 19.2 Å². The molecule has 0 aliphatic rings. The van der Waals surface area contributed by atoms with E-state index in [1.54, 1.807) is 0 Å². The first-order chi connectivity index (χ1) is 7.56. The molecule has 0 heterocycles. The number of halogens is 1. The Hall–Kier alpha value is -1.02. The summed E-state index contributed by atoms with van der Waals surface area (Å²) in [6.07, 6.45) is 0. The molecule has 1 amide bonds. The van der Waals surface area contributed by atoms with Gasteiger partial charge in [0.1, 0.15) is 0 Å². The highest BCUT2D eigenvalue weighted by atomic mass is 35.5. The summed E-state index contributed by atoms with van der Waals surface area (Å²) in [7, 11) is 0. The number of rotatable bonds is 4. The topological polar surface area (TPSA) is 29.1 Å². The highest BCUT2D eigenvalue weighted by Crippen LogP contribution is 2.25. The van der Waals surface area contributed by atoms with Crippen LogP contribution in [0.25, 0.3) is 0 Å². The van der Waals surface area contributed by atoms with Crippen LogP contribution in [0.3, 0.4) is 0 Å². The number of hydrogen-bond acceptors (Lipinski definition) is 1. The molecule has 0 saturated carbocycles. The molecule has 0 aliphatic heterocycles. The minimum absolute atomic E-state index is 0.0832. The number of carbonyl (C=O) groups excluding carboxylic acids is 1. The third-order valence-electron chi connectivity index (χ3n) is 2.53. The van der Waals surface area contributed by atoms with Gasteiger partial charge >= 0.3 is 0 Å². The third-order valence-corrected chi connectivity index (χ3v) is 2.78. The van der Waals surface area contributed by atoms with Crippen molar-refractivity contribution in [3.8, 4) is 0 Å². The van der Waals surface area contributed by atoms with Gasteiger partial charge < -0.3 is 5.32 Å². The zero-order valence-corrected chi connectivity index (χ0v) is 10.7. The van der Waals surface area contributed by atoms with E-state index in [0.717, 1.165) is 5.56 Å². The fourth-order valence-electron chi connectivity index (χ4n) is 1.79. The molecule has 0 fully saturated rings. The van der Waals surface area contributed by atoms with Gasteiger partial charge in [-0.3, -0.25) is 4.79 Å². The first-order valence-electron chi connectivity index (χ1n) is 5.59. The molecule has 1 aromatic carbocycles. The molecule has 0 aromatic heterocycles. The predicted octanol–water partition coefficient (Wildman–Crippen LogP) is 3.22. The van der Waals surface area contributed by atoms with E-state index < -0.39 is 0 Å². The van der Waals surface area contributed by atoms with Crippen LogP contribution in [0.1, 0.15) is 32.3 Å². The standard InChI is InChI=1S/C13H18ClNO/c1-4-15-13(16)12(9(2)3)10-5-7-11(14)8-6-10/h5-9,12H,4H2,1-3H3,(H,15,16)/t12-/m1/s1. The minimum atomic E-state index is -0.0998. The molecule has 0 radical (unpaired) electrons. The molecule has 0 aliphatic carbocycles. The summed E-state index contributed by atoms with van der Waals surface area (Å²) in [4.78, 5) is 11.9. The van der Waals surface area contributed by atoms with Crippen molar-refractivity contribution in [1.82, 2.24) is 5.32 Å².